The van der Waals surface area contributed by atoms with Crippen molar-refractivity contribution in [2.24, 2.45) is 0 Å². The molecule has 0 atom stereocenters. The SMILES string of the molecule is CO[Si](Cl)(CI)OC. The number of hydrogen-bond acceptors (Lipinski definition) is 2. The van der Waals surface area contributed by atoms with Crippen molar-refractivity contribution in [3.8, 4) is 0 Å². The van der Waals surface area contributed by atoms with Gasteiger partial charge in [-0.1, -0.05) is 33.7 Å². The zero-order chi connectivity index (χ0) is 6.62. The third-order valence-corrected chi connectivity index (χ3v) is 8.00. The van der Waals surface area contributed by atoms with E-state index in [-0.39, 0.29) is 0 Å². The second-order valence-corrected chi connectivity index (χ2v) is 7.62. The molecular formula is C3H8ClIO2Si. The van der Waals surface area contributed by atoms with E-state index in [1.54, 1.807) is 14.2 Å². The van der Waals surface area contributed by atoms with Crippen LogP contribution in [0.5, 0.6) is 0 Å². The largest absolute Gasteiger partial charge is 0.452 e. The maximum Gasteiger partial charge on any atom is 0.452 e. The van der Waals surface area contributed by atoms with Gasteiger partial charge in [-0.3, -0.25) is 0 Å². The zero-order valence-electron chi connectivity index (χ0n) is 4.78. The highest BCUT2D eigenvalue weighted by molar-refractivity contribution is 14.1. The van der Waals surface area contributed by atoms with Gasteiger partial charge >= 0.3 is 7.87 Å². The van der Waals surface area contributed by atoms with Crippen LogP contribution in [0.15, 0.2) is 0 Å². The monoisotopic (exact) mass is 266 g/mol. The molecule has 0 saturated carbocycles. The standard InChI is InChI=1S/C3H8ClIO2Si/c1-6-8(4,3-5)7-2/h3H2,1-2H3. The van der Waals surface area contributed by atoms with E-state index in [2.05, 4.69) is 22.6 Å². The molecule has 0 heterocycles. The second kappa shape index (κ2) is 4.05. The molecule has 0 aromatic rings. The first kappa shape index (κ1) is 9.16. The van der Waals surface area contributed by atoms with Gasteiger partial charge in [0.25, 0.3) is 0 Å². The third-order valence-electron chi connectivity index (χ3n) is 0.769. The van der Waals surface area contributed by atoms with Crippen LogP contribution >= 0.6 is 33.7 Å². The molecule has 0 unspecified atom stereocenters. The van der Waals surface area contributed by atoms with Gasteiger partial charge in [-0.2, -0.15) is 0 Å². The van der Waals surface area contributed by atoms with E-state index in [9.17, 15) is 0 Å². The van der Waals surface area contributed by atoms with Gasteiger partial charge in [0.15, 0.2) is 0 Å². The molecule has 0 amide bonds. The van der Waals surface area contributed by atoms with Crippen molar-refractivity contribution in [2.45, 2.75) is 0 Å². The molecule has 2 nitrogen and oxygen atoms in total. The normalized spacial score (nSPS) is 12.0. The van der Waals surface area contributed by atoms with Crippen LogP contribution in [-0.4, -0.2) is 26.1 Å². The first-order valence-electron chi connectivity index (χ1n) is 2.03. The Balaban J connectivity index is 3.58. The fourth-order valence-electron chi connectivity index (χ4n) is 0.192. The molecule has 50 valence electrons. The molecule has 0 bridgehead atoms. The van der Waals surface area contributed by atoms with Crippen molar-refractivity contribution in [1.82, 2.24) is 0 Å². The Bertz CT molecular complexity index is 60.0. The van der Waals surface area contributed by atoms with Gasteiger partial charge in [-0.25, -0.2) is 0 Å². The Morgan fingerprint density at radius 1 is 1.50 bits per heavy atom. The first-order valence-corrected chi connectivity index (χ1v) is 6.60. The summed E-state index contributed by atoms with van der Waals surface area (Å²) < 4.78 is 10.6. The van der Waals surface area contributed by atoms with Gasteiger partial charge in [0.1, 0.15) is 0 Å². The lowest BCUT2D eigenvalue weighted by molar-refractivity contribution is 0.273. The highest BCUT2D eigenvalue weighted by atomic mass is 127. The zero-order valence-corrected chi connectivity index (χ0v) is 8.69. The van der Waals surface area contributed by atoms with E-state index in [1.807, 2.05) is 0 Å². The highest BCUT2D eigenvalue weighted by Crippen LogP contribution is 2.12. The molecule has 0 radical (unpaired) electrons. The van der Waals surface area contributed by atoms with Crippen LogP contribution in [0.3, 0.4) is 0 Å². The summed E-state index contributed by atoms with van der Waals surface area (Å²) in [5.41, 5.74) is 0. The van der Waals surface area contributed by atoms with Gasteiger partial charge in [0.05, 0.1) is 4.05 Å². The van der Waals surface area contributed by atoms with E-state index in [0.717, 1.165) is 4.05 Å². The predicted octanol–water partition coefficient (Wildman–Crippen LogP) is 1.43. The van der Waals surface area contributed by atoms with E-state index >= 15 is 0 Å². The molecule has 0 aliphatic heterocycles. The van der Waals surface area contributed by atoms with Crippen LogP contribution in [0, 0.1) is 0 Å². The Kier molecular flexibility index (Phi) is 4.64. The smallest absolute Gasteiger partial charge is 0.386 e. The van der Waals surface area contributed by atoms with Gasteiger partial charge in [0.2, 0.25) is 0 Å². The number of rotatable bonds is 3. The summed E-state index contributed by atoms with van der Waals surface area (Å²) in [7, 11) is 0.929. The molecule has 0 rings (SSSR count). The highest BCUT2D eigenvalue weighted by Gasteiger charge is 2.31. The summed E-state index contributed by atoms with van der Waals surface area (Å²) in [6.45, 7) is 0. The fourth-order valence-corrected chi connectivity index (χ4v) is 2.45. The predicted molar refractivity (Wildman–Crippen MR) is 44.5 cm³/mol. The number of alkyl halides is 1. The Hall–Kier alpha value is 1.16. The molecule has 5 heteroatoms. The quantitative estimate of drug-likeness (QED) is 0.333. The van der Waals surface area contributed by atoms with E-state index in [0.29, 0.717) is 0 Å². The minimum atomic E-state index is -2.21. The van der Waals surface area contributed by atoms with Crippen molar-refractivity contribution in [1.29, 1.82) is 0 Å². The number of halogens is 2. The summed E-state index contributed by atoms with van der Waals surface area (Å²) in [6.07, 6.45) is 0. The lowest BCUT2D eigenvalue weighted by atomic mass is 11.8. The summed E-state index contributed by atoms with van der Waals surface area (Å²) >= 11 is 7.93. The summed E-state index contributed by atoms with van der Waals surface area (Å²) in [6, 6.07) is 0. The molecule has 0 saturated heterocycles. The maximum atomic E-state index is 5.78. The molecule has 0 N–H and O–H groups in total. The molecule has 0 spiro atoms. The van der Waals surface area contributed by atoms with Crippen molar-refractivity contribution in [3.05, 3.63) is 0 Å². The molecular weight excluding hydrogens is 258 g/mol. The minimum Gasteiger partial charge on any atom is -0.386 e. The Morgan fingerprint density at radius 3 is 1.88 bits per heavy atom. The van der Waals surface area contributed by atoms with Crippen molar-refractivity contribution < 1.29 is 8.85 Å². The number of hydrogen-bond donors (Lipinski definition) is 0. The average molecular weight is 267 g/mol. The summed E-state index contributed by atoms with van der Waals surface area (Å²) in [4.78, 5) is 0. The molecule has 0 aromatic carbocycles. The van der Waals surface area contributed by atoms with Gasteiger partial charge in [0, 0.05) is 14.2 Å². The van der Waals surface area contributed by atoms with Crippen LogP contribution in [0.25, 0.3) is 0 Å². The molecule has 0 aliphatic carbocycles. The maximum absolute atomic E-state index is 5.78. The van der Waals surface area contributed by atoms with E-state index < -0.39 is 7.87 Å². The fraction of sp³-hybridized carbons (Fsp3) is 1.00. The minimum absolute atomic E-state index is 0.749. The van der Waals surface area contributed by atoms with Crippen molar-refractivity contribution >= 4 is 41.5 Å². The summed E-state index contributed by atoms with van der Waals surface area (Å²) in [5.74, 6) is 0. The van der Waals surface area contributed by atoms with E-state index in [1.165, 1.54) is 0 Å². The van der Waals surface area contributed by atoms with Crippen LogP contribution in [0.4, 0.5) is 0 Å². The van der Waals surface area contributed by atoms with Gasteiger partial charge < -0.3 is 8.85 Å². The molecule has 0 aromatic heterocycles. The Labute approximate surface area is 68.6 Å². The van der Waals surface area contributed by atoms with Gasteiger partial charge in [-0.15, -0.1) is 0 Å². The molecule has 0 fully saturated rings. The first-order chi connectivity index (χ1) is 3.68. The molecule has 8 heavy (non-hydrogen) atoms. The lowest BCUT2D eigenvalue weighted by Gasteiger charge is -2.15. The average Bonchev–Trinajstić information content (AvgIpc) is 1.87. The Morgan fingerprint density at radius 2 is 1.88 bits per heavy atom. The molecule has 0 aliphatic rings. The van der Waals surface area contributed by atoms with Crippen LogP contribution in [-0.2, 0) is 8.85 Å². The van der Waals surface area contributed by atoms with Gasteiger partial charge in [-0.05, 0) is 0 Å². The third kappa shape index (κ3) is 2.63. The van der Waals surface area contributed by atoms with Crippen molar-refractivity contribution in [3.63, 3.8) is 0 Å². The summed E-state index contributed by atoms with van der Waals surface area (Å²) in [5, 5.41) is 0. The lowest BCUT2D eigenvalue weighted by Crippen LogP contribution is -2.35. The van der Waals surface area contributed by atoms with Crippen LogP contribution in [0.1, 0.15) is 0 Å². The van der Waals surface area contributed by atoms with E-state index in [4.69, 9.17) is 19.9 Å². The van der Waals surface area contributed by atoms with Crippen LogP contribution < -0.4 is 0 Å². The van der Waals surface area contributed by atoms with Crippen LogP contribution in [0.2, 0.25) is 0 Å². The topological polar surface area (TPSA) is 18.5 Å². The van der Waals surface area contributed by atoms with Crippen molar-refractivity contribution in [2.75, 3.05) is 18.3 Å². The second-order valence-electron chi connectivity index (χ2n) is 1.20.